The van der Waals surface area contributed by atoms with Crippen molar-refractivity contribution >= 4 is 17.9 Å². The smallest absolute Gasteiger partial charge is 0.309 e. The number of rotatable bonds is 10. The first-order chi connectivity index (χ1) is 19.9. The van der Waals surface area contributed by atoms with Crippen molar-refractivity contribution < 1.29 is 53.8 Å². The summed E-state index contributed by atoms with van der Waals surface area (Å²) in [5.74, 6) is -2.59. The van der Waals surface area contributed by atoms with E-state index in [1.165, 1.54) is 19.9 Å². The van der Waals surface area contributed by atoms with Crippen molar-refractivity contribution in [3.05, 3.63) is 36.0 Å². The van der Waals surface area contributed by atoms with Gasteiger partial charge in [0.2, 0.25) is 0 Å². The van der Waals surface area contributed by atoms with E-state index in [4.69, 9.17) is 18.9 Å². The molecule has 0 aromatic rings. The van der Waals surface area contributed by atoms with Crippen LogP contribution < -0.4 is 0 Å². The number of aliphatic hydroxyl groups excluding tert-OH is 2. The molecule has 11 nitrogen and oxygen atoms in total. The van der Waals surface area contributed by atoms with E-state index in [0.29, 0.717) is 18.4 Å². The van der Waals surface area contributed by atoms with Crippen LogP contribution in [0.1, 0.15) is 81.1 Å². The highest BCUT2D eigenvalue weighted by atomic mass is 16.6. The van der Waals surface area contributed by atoms with Gasteiger partial charge in [0.05, 0.1) is 36.4 Å². The fourth-order valence-electron chi connectivity index (χ4n) is 5.38. The second-order valence-corrected chi connectivity index (χ2v) is 12.4. The number of carbonyl (C=O) groups excluding carboxylic acids is 3. The number of hydrogen-bond acceptors (Lipinski definition) is 11. The number of cyclic esters (lactones) is 1. The Bertz CT molecular complexity index is 1060. The molecule has 0 amide bonds. The minimum Gasteiger partial charge on any atom is -0.459 e. The van der Waals surface area contributed by atoms with E-state index in [1.54, 1.807) is 45.1 Å². The predicted octanol–water partition coefficient (Wildman–Crippen LogP) is 2.68. The Morgan fingerprint density at radius 2 is 1.84 bits per heavy atom. The number of aliphatic hydroxyl groups is 4. The molecule has 2 aliphatic rings. The van der Waals surface area contributed by atoms with Gasteiger partial charge in [0.25, 0.3) is 0 Å². The van der Waals surface area contributed by atoms with Gasteiger partial charge in [0.1, 0.15) is 17.8 Å². The van der Waals surface area contributed by atoms with E-state index < -0.39 is 72.0 Å². The molecular formula is C32H50O11. The van der Waals surface area contributed by atoms with Crippen molar-refractivity contribution in [2.45, 2.75) is 135 Å². The Labute approximate surface area is 254 Å². The molecule has 0 aromatic carbocycles. The predicted molar refractivity (Wildman–Crippen MR) is 157 cm³/mol. The molecule has 1 fully saturated rings. The third-order valence-electron chi connectivity index (χ3n) is 8.09. The lowest BCUT2D eigenvalue weighted by atomic mass is 9.86. The van der Waals surface area contributed by atoms with Crippen molar-refractivity contribution in [1.29, 1.82) is 0 Å². The summed E-state index contributed by atoms with van der Waals surface area (Å²) < 4.78 is 22.1. The highest BCUT2D eigenvalue weighted by molar-refractivity contribution is 5.70. The zero-order chi connectivity index (χ0) is 32.7. The van der Waals surface area contributed by atoms with Gasteiger partial charge in [0, 0.05) is 38.5 Å². The van der Waals surface area contributed by atoms with Crippen LogP contribution in [0.4, 0.5) is 0 Å². The average Bonchev–Trinajstić information content (AvgIpc) is 3.64. The highest BCUT2D eigenvalue weighted by Crippen LogP contribution is 2.37. The quantitative estimate of drug-likeness (QED) is 0.0942. The molecule has 1 saturated heterocycles. The maximum Gasteiger partial charge on any atom is 0.309 e. The van der Waals surface area contributed by atoms with Gasteiger partial charge in [-0.15, -0.1) is 0 Å². The van der Waals surface area contributed by atoms with Gasteiger partial charge in [-0.05, 0) is 38.8 Å². The zero-order valence-electron chi connectivity index (χ0n) is 26.6. The fraction of sp³-hybridized carbons (Fsp3) is 0.719. The Balaban J connectivity index is 2.28. The summed E-state index contributed by atoms with van der Waals surface area (Å²) in [5, 5.41) is 43.0. The molecule has 0 spiro atoms. The molecule has 0 radical (unpaired) electrons. The molecule has 43 heavy (non-hydrogen) atoms. The van der Waals surface area contributed by atoms with E-state index in [1.807, 2.05) is 13.8 Å². The van der Waals surface area contributed by atoms with E-state index in [9.17, 15) is 34.8 Å². The van der Waals surface area contributed by atoms with Crippen LogP contribution in [-0.4, -0.2) is 92.3 Å². The minimum atomic E-state index is -1.93. The zero-order valence-corrected chi connectivity index (χ0v) is 26.6. The molecule has 11 heteroatoms. The van der Waals surface area contributed by atoms with Gasteiger partial charge < -0.3 is 39.4 Å². The van der Waals surface area contributed by atoms with Crippen LogP contribution in [0.2, 0.25) is 0 Å². The number of allylic oxidation sites excluding steroid dienone is 2. The third kappa shape index (κ3) is 11.1. The third-order valence-corrected chi connectivity index (χ3v) is 8.09. The van der Waals surface area contributed by atoms with Gasteiger partial charge in [-0.3, -0.25) is 14.4 Å². The van der Waals surface area contributed by atoms with E-state index in [-0.39, 0.29) is 24.5 Å². The fourth-order valence-corrected chi connectivity index (χ4v) is 5.38. The molecule has 2 heterocycles. The summed E-state index contributed by atoms with van der Waals surface area (Å²) in [5.41, 5.74) is -2.48. The maximum absolute atomic E-state index is 12.8. The lowest BCUT2D eigenvalue weighted by Crippen LogP contribution is -2.53. The van der Waals surface area contributed by atoms with Crippen LogP contribution in [0, 0.1) is 11.8 Å². The molecule has 0 saturated carbocycles. The van der Waals surface area contributed by atoms with E-state index in [2.05, 4.69) is 0 Å². The first-order valence-electron chi connectivity index (χ1n) is 14.9. The van der Waals surface area contributed by atoms with Crippen LogP contribution >= 0.6 is 0 Å². The van der Waals surface area contributed by atoms with Gasteiger partial charge in [-0.25, -0.2) is 0 Å². The Morgan fingerprint density at radius 3 is 2.42 bits per heavy atom. The Kier molecular flexibility index (Phi) is 13.1. The molecule has 11 atom stereocenters. The van der Waals surface area contributed by atoms with E-state index in [0.717, 1.165) is 6.92 Å². The summed E-state index contributed by atoms with van der Waals surface area (Å²) >= 11 is 0. The molecular weight excluding hydrogens is 560 g/mol. The van der Waals surface area contributed by atoms with Crippen molar-refractivity contribution in [3.63, 3.8) is 0 Å². The van der Waals surface area contributed by atoms with Gasteiger partial charge in [-0.2, -0.15) is 0 Å². The minimum absolute atomic E-state index is 0.0301. The van der Waals surface area contributed by atoms with Crippen LogP contribution in [0.5, 0.6) is 0 Å². The number of esters is 3. The lowest BCUT2D eigenvalue weighted by Gasteiger charge is -2.38. The van der Waals surface area contributed by atoms with Crippen molar-refractivity contribution in [2.75, 3.05) is 0 Å². The summed E-state index contributed by atoms with van der Waals surface area (Å²) in [7, 11) is 0. The molecule has 244 valence electrons. The average molecular weight is 611 g/mol. The molecule has 2 aliphatic heterocycles. The summed E-state index contributed by atoms with van der Waals surface area (Å²) in [6.45, 7) is 12.7. The number of carbonyl (C=O) groups is 3. The van der Waals surface area contributed by atoms with Gasteiger partial charge in [-0.1, -0.05) is 45.1 Å². The van der Waals surface area contributed by atoms with E-state index >= 15 is 0 Å². The first-order valence-corrected chi connectivity index (χ1v) is 14.9. The van der Waals surface area contributed by atoms with Crippen LogP contribution in [-0.2, 0) is 33.3 Å². The SMILES string of the molecule is CCC(O)C(C)C1OC1CC(C)(O)/C=C/C=C(\C)C1OC(=O)CC(O)CC(OC(C)=O)C(C)(O)C(OC(C)=O)/C=C/C1C. The topological polar surface area (TPSA) is 172 Å². The van der Waals surface area contributed by atoms with Crippen molar-refractivity contribution in [3.8, 4) is 0 Å². The Hall–Kier alpha value is -2.57. The normalized spacial score (nSPS) is 35.9. The standard InChI is InChI=1S/C32H50O11/c1-9-24(36)20(4)30-25(42-30)17-31(7,38)14-10-11-18(2)29-19(3)12-13-26(40-21(5)33)32(8,39)27(41-22(6)34)15-23(35)16-28(37)43-29/h10-14,19-20,23-27,29-30,35-36,38-39H,9,15-17H2,1-8H3/b13-12+,14-10+,18-11+. The molecule has 4 N–H and O–H groups in total. The van der Waals surface area contributed by atoms with Crippen molar-refractivity contribution in [1.82, 2.24) is 0 Å². The van der Waals surface area contributed by atoms with Crippen LogP contribution in [0.15, 0.2) is 36.0 Å². The van der Waals surface area contributed by atoms with Crippen LogP contribution in [0.25, 0.3) is 0 Å². The first kappa shape index (κ1) is 36.6. The molecule has 0 aromatic heterocycles. The summed E-state index contributed by atoms with van der Waals surface area (Å²) in [6.07, 6.45) is 2.98. The second kappa shape index (κ2) is 15.4. The summed E-state index contributed by atoms with van der Waals surface area (Å²) in [6, 6.07) is 0. The molecule has 2 rings (SSSR count). The van der Waals surface area contributed by atoms with Gasteiger partial charge in [0.15, 0.2) is 6.10 Å². The Morgan fingerprint density at radius 1 is 1.21 bits per heavy atom. The number of epoxide rings is 1. The molecule has 0 aliphatic carbocycles. The summed E-state index contributed by atoms with van der Waals surface area (Å²) in [4.78, 5) is 36.5. The molecule has 11 unspecified atom stereocenters. The number of hydrogen-bond donors (Lipinski definition) is 4. The van der Waals surface area contributed by atoms with Crippen LogP contribution in [0.3, 0.4) is 0 Å². The lowest BCUT2D eigenvalue weighted by molar-refractivity contribution is -0.187. The maximum atomic E-state index is 12.8. The molecule has 0 bridgehead atoms. The largest absolute Gasteiger partial charge is 0.459 e. The highest BCUT2D eigenvalue weighted by Gasteiger charge is 2.47. The monoisotopic (exact) mass is 610 g/mol. The second-order valence-electron chi connectivity index (χ2n) is 12.4. The van der Waals surface area contributed by atoms with Gasteiger partial charge >= 0.3 is 17.9 Å². The number of ether oxygens (including phenoxy) is 4. The van der Waals surface area contributed by atoms with Crippen molar-refractivity contribution in [2.24, 2.45) is 11.8 Å².